The first-order valence-corrected chi connectivity index (χ1v) is 9.31. The van der Waals surface area contributed by atoms with Crippen LogP contribution in [0, 0.1) is 0 Å². The highest BCUT2D eigenvalue weighted by molar-refractivity contribution is 5.90. The van der Waals surface area contributed by atoms with Gasteiger partial charge in [0.15, 0.2) is 0 Å². The number of anilines is 1. The summed E-state index contributed by atoms with van der Waals surface area (Å²) in [6.45, 7) is 2.40. The molecule has 0 fully saturated rings. The van der Waals surface area contributed by atoms with Crippen molar-refractivity contribution in [1.82, 2.24) is 14.2 Å². The molecule has 4 rings (SSSR count). The zero-order valence-electron chi connectivity index (χ0n) is 15.9. The van der Waals surface area contributed by atoms with E-state index in [2.05, 4.69) is 10.4 Å². The molecule has 0 saturated heterocycles. The standard InChI is InChI=1S/C22H20N4O3/c1-2-29-18-10-8-17(9-11-18)23-21(27)15-25-12-13-26-20(22(25)28)14-19(24-26)16-6-4-3-5-7-16/h3-14H,2,15H2,1H3,(H,23,27). The Balaban J connectivity index is 1.52. The number of benzene rings is 2. The highest BCUT2D eigenvalue weighted by Crippen LogP contribution is 2.18. The smallest absolute Gasteiger partial charge is 0.277 e. The van der Waals surface area contributed by atoms with Crippen LogP contribution in [0.1, 0.15) is 6.92 Å². The van der Waals surface area contributed by atoms with Crippen molar-refractivity contribution in [3.05, 3.63) is 83.4 Å². The highest BCUT2D eigenvalue weighted by Gasteiger charge is 2.11. The maximum atomic E-state index is 12.8. The number of amides is 1. The fraction of sp³-hybridized carbons (Fsp3) is 0.136. The number of rotatable bonds is 6. The summed E-state index contributed by atoms with van der Waals surface area (Å²) in [5.41, 5.74) is 2.42. The highest BCUT2D eigenvalue weighted by atomic mass is 16.5. The second-order valence-electron chi connectivity index (χ2n) is 6.46. The fourth-order valence-corrected chi connectivity index (χ4v) is 3.06. The lowest BCUT2D eigenvalue weighted by molar-refractivity contribution is -0.116. The van der Waals surface area contributed by atoms with Gasteiger partial charge in [-0.3, -0.25) is 9.59 Å². The van der Waals surface area contributed by atoms with Gasteiger partial charge >= 0.3 is 0 Å². The lowest BCUT2D eigenvalue weighted by atomic mass is 10.1. The first-order valence-electron chi connectivity index (χ1n) is 9.31. The van der Waals surface area contributed by atoms with Gasteiger partial charge in [-0.05, 0) is 37.3 Å². The minimum atomic E-state index is -0.289. The van der Waals surface area contributed by atoms with E-state index in [-0.39, 0.29) is 18.0 Å². The van der Waals surface area contributed by atoms with Crippen molar-refractivity contribution >= 4 is 17.1 Å². The molecule has 29 heavy (non-hydrogen) atoms. The van der Waals surface area contributed by atoms with Crippen LogP contribution in [0.2, 0.25) is 0 Å². The molecule has 0 saturated carbocycles. The number of aromatic nitrogens is 3. The monoisotopic (exact) mass is 388 g/mol. The molecule has 0 atom stereocenters. The molecule has 0 aliphatic carbocycles. The molecule has 2 heterocycles. The van der Waals surface area contributed by atoms with Gasteiger partial charge in [0.2, 0.25) is 5.91 Å². The van der Waals surface area contributed by atoms with Gasteiger partial charge in [0.05, 0.1) is 12.3 Å². The van der Waals surface area contributed by atoms with Crippen LogP contribution < -0.4 is 15.6 Å². The lowest BCUT2D eigenvalue weighted by Crippen LogP contribution is -2.28. The third-order valence-corrected chi connectivity index (χ3v) is 4.44. The molecule has 7 heteroatoms. The molecule has 2 aromatic carbocycles. The predicted octanol–water partition coefficient (Wildman–Crippen LogP) is 3.20. The number of carbonyl (C=O) groups is 1. The Kier molecular flexibility index (Phi) is 5.11. The van der Waals surface area contributed by atoms with E-state index >= 15 is 0 Å². The normalized spacial score (nSPS) is 10.8. The van der Waals surface area contributed by atoms with Crippen LogP contribution in [0.25, 0.3) is 16.8 Å². The number of ether oxygens (including phenoxy) is 1. The van der Waals surface area contributed by atoms with E-state index < -0.39 is 0 Å². The number of nitrogens with one attached hydrogen (secondary N) is 1. The maximum absolute atomic E-state index is 12.8. The van der Waals surface area contributed by atoms with Gasteiger partial charge in [-0.1, -0.05) is 30.3 Å². The molecule has 146 valence electrons. The first-order chi connectivity index (χ1) is 14.1. The molecule has 0 aliphatic heterocycles. The summed E-state index contributed by atoms with van der Waals surface area (Å²) in [4.78, 5) is 25.2. The summed E-state index contributed by atoms with van der Waals surface area (Å²) in [6, 6.07) is 18.5. The fourth-order valence-electron chi connectivity index (χ4n) is 3.06. The molecule has 1 amide bonds. The molecule has 4 aromatic rings. The second kappa shape index (κ2) is 8.02. The zero-order valence-corrected chi connectivity index (χ0v) is 15.9. The number of hydrogen-bond donors (Lipinski definition) is 1. The van der Waals surface area contributed by atoms with E-state index in [0.717, 1.165) is 11.3 Å². The summed E-state index contributed by atoms with van der Waals surface area (Å²) >= 11 is 0. The van der Waals surface area contributed by atoms with Crippen molar-refractivity contribution in [2.24, 2.45) is 0 Å². The van der Waals surface area contributed by atoms with Crippen molar-refractivity contribution < 1.29 is 9.53 Å². The van der Waals surface area contributed by atoms with Gasteiger partial charge < -0.3 is 14.6 Å². The van der Waals surface area contributed by atoms with E-state index in [1.165, 1.54) is 9.08 Å². The van der Waals surface area contributed by atoms with Crippen molar-refractivity contribution in [2.45, 2.75) is 13.5 Å². The van der Waals surface area contributed by atoms with Gasteiger partial charge in [-0.25, -0.2) is 4.52 Å². The van der Waals surface area contributed by atoms with Gasteiger partial charge in [0.1, 0.15) is 17.8 Å². The van der Waals surface area contributed by atoms with Crippen molar-refractivity contribution in [3.63, 3.8) is 0 Å². The van der Waals surface area contributed by atoms with Gasteiger partial charge in [0.25, 0.3) is 5.56 Å². The van der Waals surface area contributed by atoms with Crippen LogP contribution >= 0.6 is 0 Å². The Morgan fingerprint density at radius 1 is 1.07 bits per heavy atom. The molecular formula is C22H20N4O3. The summed E-state index contributed by atoms with van der Waals surface area (Å²) in [6.07, 6.45) is 3.24. The topological polar surface area (TPSA) is 77.6 Å². The molecule has 7 nitrogen and oxygen atoms in total. The average molecular weight is 388 g/mol. The maximum Gasteiger partial charge on any atom is 0.277 e. The van der Waals surface area contributed by atoms with Gasteiger partial charge in [-0.15, -0.1) is 0 Å². The van der Waals surface area contributed by atoms with Crippen molar-refractivity contribution in [2.75, 3.05) is 11.9 Å². The number of fused-ring (bicyclic) bond motifs is 1. The molecule has 1 N–H and O–H groups in total. The van der Waals surface area contributed by atoms with Crippen LogP contribution in [0.15, 0.2) is 77.9 Å². The molecule has 0 unspecified atom stereocenters. The van der Waals surface area contributed by atoms with Crippen LogP contribution in [0.4, 0.5) is 5.69 Å². The average Bonchev–Trinajstić information content (AvgIpc) is 3.18. The summed E-state index contributed by atoms with van der Waals surface area (Å²) < 4.78 is 8.29. The third-order valence-electron chi connectivity index (χ3n) is 4.44. The Morgan fingerprint density at radius 2 is 1.83 bits per heavy atom. The minimum Gasteiger partial charge on any atom is -0.494 e. The predicted molar refractivity (Wildman–Crippen MR) is 111 cm³/mol. The Labute approximate surface area is 167 Å². The minimum absolute atomic E-state index is 0.0889. The van der Waals surface area contributed by atoms with E-state index in [1.807, 2.05) is 37.3 Å². The van der Waals surface area contributed by atoms with E-state index in [4.69, 9.17) is 4.74 Å². The SMILES string of the molecule is CCOc1ccc(NC(=O)Cn2ccn3nc(-c4ccccc4)cc3c2=O)cc1. The number of nitrogens with zero attached hydrogens (tertiary/aromatic N) is 3. The number of hydrogen-bond acceptors (Lipinski definition) is 4. The van der Waals surface area contributed by atoms with Gasteiger partial charge in [-0.2, -0.15) is 5.10 Å². The largest absolute Gasteiger partial charge is 0.494 e. The summed E-state index contributed by atoms with van der Waals surface area (Å²) in [5.74, 6) is 0.450. The van der Waals surface area contributed by atoms with Crippen LogP contribution in [-0.2, 0) is 11.3 Å². The van der Waals surface area contributed by atoms with Crippen molar-refractivity contribution in [3.8, 4) is 17.0 Å². The van der Waals surface area contributed by atoms with Gasteiger partial charge in [0, 0.05) is 23.6 Å². The second-order valence-corrected chi connectivity index (χ2v) is 6.46. The van der Waals surface area contributed by atoms with E-state index in [1.54, 1.807) is 42.7 Å². The van der Waals surface area contributed by atoms with Crippen LogP contribution in [0.3, 0.4) is 0 Å². The quantitative estimate of drug-likeness (QED) is 0.550. The van der Waals surface area contributed by atoms with E-state index in [9.17, 15) is 9.59 Å². The van der Waals surface area contributed by atoms with Crippen LogP contribution in [0.5, 0.6) is 5.75 Å². The number of carbonyl (C=O) groups excluding carboxylic acids is 1. The molecule has 0 bridgehead atoms. The summed E-state index contributed by atoms with van der Waals surface area (Å²) in [7, 11) is 0. The molecule has 2 aromatic heterocycles. The first kappa shape index (κ1) is 18.5. The van der Waals surface area contributed by atoms with Crippen LogP contribution in [-0.4, -0.2) is 26.7 Å². The molecule has 0 radical (unpaired) electrons. The lowest BCUT2D eigenvalue weighted by Gasteiger charge is -2.08. The molecular weight excluding hydrogens is 368 g/mol. The molecule has 0 spiro atoms. The zero-order chi connectivity index (χ0) is 20.2. The summed E-state index contributed by atoms with van der Waals surface area (Å²) in [5, 5.41) is 7.24. The Bertz CT molecular complexity index is 1190. The van der Waals surface area contributed by atoms with Crippen molar-refractivity contribution in [1.29, 1.82) is 0 Å². The Morgan fingerprint density at radius 3 is 2.55 bits per heavy atom. The van der Waals surface area contributed by atoms with E-state index in [0.29, 0.717) is 23.5 Å². The Hall–Kier alpha value is -3.87. The third kappa shape index (κ3) is 4.03. The molecule has 0 aliphatic rings.